The van der Waals surface area contributed by atoms with E-state index >= 15 is 0 Å². The highest BCUT2D eigenvalue weighted by Crippen LogP contribution is 2.62. The van der Waals surface area contributed by atoms with Crippen LogP contribution in [0.25, 0.3) is 0 Å². The van der Waals surface area contributed by atoms with Gasteiger partial charge in [-0.25, -0.2) is 0 Å². The second kappa shape index (κ2) is 6.60. The molecule has 0 radical (unpaired) electrons. The van der Waals surface area contributed by atoms with Crippen LogP contribution in [0.1, 0.15) is 80.6 Å². The van der Waals surface area contributed by atoms with Crippen molar-refractivity contribution in [3.63, 3.8) is 0 Å². The first kappa shape index (κ1) is 17.3. The van der Waals surface area contributed by atoms with Crippen molar-refractivity contribution in [1.82, 2.24) is 0 Å². The van der Waals surface area contributed by atoms with E-state index in [1.807, 2.05) is 0 Å². The molecule has 21 heavy (non-hydrogen) atoms. The Labute approximate surface area is 133 Å². The van der Waals surface area contributed by atoms with Crippen LogP contribution < -0.4 is 0 Å². The molecule has 5 atom stereocenters. The molecule has 1 nitrogen and oxygen atoms in total. The standard InChI is InChI=1S/C20H38O/c1-8-9-19(21-14(4)5)20(13(2)3)11-17-15(6)10-16(7)18(17)12-20/h13-19H,8-12H2,1-7H3. The molecule has 0 bridgehead atoms. The van der Waals surface area contributed by atoms with Gasteiger partial charge in [-0.15, -0.1) is 0 Å². The van der Waals surface area contributed by atoms with E-state index in [1.54, 1.807) is 0 Å². The van der Waals surface area contributed by atoms with Gasteiger partial charge in [0.25, 0.3) is 0 Å². The minimum absolute atomic E-state index is 0.354. The van der Waals surface area contributed by atoms with Crippen LogP contribution in [0.15, 0.2) is 0 Å². The summed E-state index contributed by atoms with van der Waals surface area (Å²) in [4.78, 5) is 0. The van der Waals surface area contributed by atoms with Gasteiger partial charge in [-0.1, -0.05) is 41.0 Å². The van der Waals surface area contributed by atoms with E-state index in [9.17, 15) is 0 Å². The molecule has 0 saturated heterocycles. The second-order valence-corrected chi connectivity index (χ2v) is 8.78. The van der Waals surface area contributed by atoms with Crippen molar-refractivity contribution in [1.29, 1.82) is 0 Å². The molecule has 0 amide bonds. The SMILES string of the molecule is CCCC(OC(C)C)C1(C(C)C)CC2C(C)CC(C)C2C1. The molecular formula is C20H38O. The molecule has 2 saturated carbocycles. The van der Waals surface area contributed by atoms with Crippen LogP contribution in [-0.4, -0.2) is 12.2 Å². The van der Waals surface area contributed by atoms with Crippen molar-refractivity contribution >= 4 is 0 Å². The number of ether oxygens (including phenoxy) is 1. The molecule has 124 valence electrons. The van der Waals surface area contributed by atoms with Gasteiger partial charge in [-0.3, -0.25) is 0 Å². The van der Waals surface area contributed by atoms with Gasteiger partial charge < -0.3 is 4.74 Å². The van der Waals surface area contributed by atoms with Crippen LogP contribution >= 0.6 is 0 Å². The molecule has 0 heterocycles. The van der Waals surface area contributed by atoms with Crippen LogP contribution in [0.3, 0.4) is 0 Å². The average Bonchev–Trinajstić information content (AvgIpc) is 2.89. The minimum atomic E-state index is 0.354. The van der Waals surface area contributed by atoms with E-state index in [-0.39, 0.29) is 0 Å². The lowest BCUT2D eigenvalue weighted by molar-refractivity contribution is -0.0971. The molecule has 0 aliphatic heterocycles. The van der Waals surface area contributed by atoms with Gasteiger partial charge in [0, 0.05) is 0 Å². The van der Waals surface area contributed by atoms with Crippen molar-refractivity contribution in [2.24, 2.45) is 35.0 Å². The van der Waals surface area contributed by atoms with Gasteiger partial charge in [0.05, 0.1) is 12.2 Å². The van der Waals surface area contributed by atoms with Crippen LogP contribution in [0, 0.1) is 35.0 Å². The summed E-state index contributed by atoms with van der Waals surface area (Å²) in [5, 5.41) is 0. The van der Waals surface area contributed by atoms with Gasteiger partial charge >= 0.3 is 0 Å². The summed E-state index contributed by atoms with van der Waals surface area (Å²) in [6, 6.07) is 0. The van der Waals surface area contributed by atoms with E-state index in [0.717, 1.165) is 29.6 Å². The lowest BCUT2D eigenvalue weighted by Gasteiger charge is -2.43. The van der Waals surface area contributed by atoms with Crippen LogP contribution in [0.2, 0.25) is 0 Å². The van der Waals surface area contributed by atoms with Gasteiger partial charge in [0.1, 0.15) is 0 Å². The Morgan fingerprint density at radius 2 is 1.52 bits per heavy atom. The van der Waals surface area contributed by atoms with Crippen LogP contribution in [0.4, 0.5) is 0 Å². The Balaban J connectivity index is 2.25. The Bertz CT molecular complexity index is 317. The van der Waals surface area contributed by atoms with E-state index in [1.165, 1.54) is 32.1 Å². The highest BCUT2D eigenvalue weighted by molar-refractivity contribution is 5.05. The minimum Gasteiger partial charge on any atom is -0.375 e. The van der Waals surface area contributed by atoms with E-state index in [2.05, 4.69) is 48.5 Å². The van der Waals surface area contributed by atoms with Gasteiger partial charge in [0.2, 0.25) is 0 Å². The Hall–Kier alpha value is -0.0400. The van der Waals surface area contributed by atoms with Crippen LogP contribution in [0.5, 0.6) is 0 Å². The number of hydrogen-bond acceptors (Lipinski definition) is 1. The topological polar surface area (TPSA) is 9.23 Å². The highest BCUT2D eigenvalue weighted by atomic mass is 16.5. The van der Waals surface area contributed by atoms with Crippen molar-refractivity contribution in [3.05, 3.63) is 0 Å². The fourth-order valence-electron chi connectivity index (χ4n) is 5.63. The van der Waals surface area contributed by atoms with E-state index in [0.29, 0.717) is 17.6 Å². The largest absolute Gasteiger partial charge is 0.375 e. The molecule has 0 aromatic carbocycles. The van der Waals surface area contributed by atoms with Crippen molar-refractivity contribution in [2.75, 3.05) is 0 Å². The van der Waals surface area contributed by atoms with Gasteiger partial charge in [0.15, 0.2) is 0 Å². The van der Waals surface area contributed by atoms with Gasteiger partial charge in [-0.05, 0) is 74.5 Å². The Kier molecular flexibility index (Phi) is 5.45. The molecule has 2 aliphatic carbocycles. The van der Waals surface area contributed by atoms with E-state index in [4.69, 9.17) is 4.74 Å². The molecule has 2 rings (SSSR count). The maximum absolute atomic E-state index is 6.48. The zero-order valence-electron chi connectivity index (χ0n) is 15.5. The quantitative estimate of drug-likeness (QED) is 0.590. The lowest BCUT2D eigenvalue weighted by Crippen LogP contribution is -2.41. The highest BCUT2D eigenvalue weighted by Gasteiger charge is 2.56. The summed E-state index contributed by atoms with van der Waals surface area (Å²) in [7, 11) is 0. The summed E-state index contributed by atoms with van der Waals surface area (Å²) in [5.74, 6) is 4.49. The van der Waals surface area contributed by atoms with Crippen molar-refractivity contribution in [3.8, 4) is 0 Å². The monoisotopic (exact) mass is 294 g/mol. The maximum Gasteiger partial charge on any atom is 0.0637 e. The summed E-state index contributed by atoms with van der Waals surface area (Å²) >= 11 is 0. The molecule has 2 aliphatic rings. The van der Waals surface area contributed by atoms with Crippen LogP contribution in [-0.2, 0) is 4.74 Å². The third-order valence-corrected chi connectivity index (χ3v) is 6.77. The fourth-order valence-corrected chi connectivity index (χ4v) is 5.63. The molecular weight excluding hydrogens is 256 g/mol. The molecule has 0 aromatic rings. The first-order chi connectivity index (χ1) is 9.81. The Morgan fingerprint density at radius 3 is 1.90 bits per heavy atom. The lowest BCUT2D eigenvalue weighted by atomic mass is 9.67. The molecule has 2 fully saturated rings. The smallest absolute Gasteiger partial charge is 0.0637 e. The number of rotatable bonds is 6. The summed E-state index contributed by atoms with van der Waals surface area (Å²) in [6.45, 7) is 16.6. The zero-order valence-corrected chi connectivity index (χ0v) is 15.5. The molecule has 0 aromatic heterocycles. The third kappa shape index (κ3) is 3.19. The third-order valence-electron chi connectivity index (χ3n) is 6.77. The fraction of sp³-hybridized carbons (Fsp3) is 1.00. The Morgan fingerprint density at radius 1 is 1.00 bits per heavy atom. The zero-order chi connectivity index (χ0) is 15.8. The predicted octanol–water partition coefficient (Wildman–Crippen LogP) is 5.92. The summed E-state index contributed by atoms with van der Waals surface area (Å²) in [5.41, 5.74) is 0.429. The summed E-state index contributed by atoms with van der Waals surface area (Å²) < 4.78 is 6.48. The molecule has 1 heteroatoms. The van der Waals surface area contributed by atoms with Crippen molar-refractivity contribution in [2.45, 2.75) is 92.8 Å². The average molecular weight is 295 g/mol. The predicted molar refractivity (Wildman–Crippen MR) is 91.3 cm³/mol. The molecule has 0 N–H and O–H groups in total. The normalized spacial score (nSPS) is 41.0. The molecule has 5 unspecified atom stereocenters. The second-order valence-electron chi connectivity index (χ2n) is 8.78. The van der Waals surface area contributed by atoms with E-state index < -0.39 is 0 Å². The number of hydrogen-bond donors (Lipinski definition) is 0. The first-order valence-electron chi connectivity index (χ1n) is 9.47. The van der Waals surface area contributed by atoms with Crippen molar-refractivity contribution < 1.29 is 4.74 Å². The first-order valence-corrected chi connectivity index (χ1v) is 9.47. The number of fused-ring (bicyclic) bond motifs is 1. The van der Waals surface area contributed by atoms with Gasteiger partial charge in [-0.2, -0.15) is 0 Å². The summed E-state index contributed by atoms with van der Waals surface area (Å²) in [6.07, 6.45) is 7.58. The maximum atomic E-state index is 6.48. The molecule has 0 spiro atoms.